The highest BCUT2D eigenvalue weighted by Gasteiger charge is 2.20. The molecule has 0 saturated heterocycles. The summed E-state index contributed by atoms with van der Waals surface area (Å²) in [5, 5.41) is 12.4. The van der Waals surface area contributed by atoms with E-state index in [1.54, 1.807) is 23.5 Å². The Morgan fingerprint density at radius 1 is 1.22 bits per heavy atom. The molecular formula is C19H17N3O4S. The molecule has 0 bridgehead atoms. The summed E-state index contributed by atoms with van der Waals surface area (Å²) < 4.78 is 1.28. The van der Waals surface area contributed by atoms with Gasteiger partial charge in [0.25, 0.3) is 5.56 Å². The van der Waals surface area contributed by atoms with Crippen LogP contribution in [0, 0.1) is 0 Å². The number of fused-ring (bicyclic) bond motifs is 3. The number of aromatic carboxylic acids is 1. The third kappa shape index (κ3) is 3.23. The molecule has 2 aromatic heterocycles. The van der Waals surface area contributed by atoms with Crippen molar-refractivity contribution in [3.63, 3.8) is 0 Å². The maximum atomic E-state index is 12.9. The molecule has 27 heavy (non-hydrogen) atoms. The predicted molar refractivity (Wildman–Crippen MR) is 103 cm³/mol. The topological polar surface area (TPSA) is 101 Å². The molecule has 0 spiro atoms. The number of carbonyl (C=O) groups is 2. The fourth-order valence-corrected chi connectivity index (χ4v) is 4.64. The summed E-state index contributed by atoms with van der Waals surface area (Å²) in [6.07, 6.45) is 5.41. The molecule has 0 saturated carbocycles. The van der Waals surface area contributed by atoms with E-state index in [4.69, 9.17) is 0 Å². The first-order valence-electron chi connectivity index (χ1n) is 8.66. The minimum absolute atomic E-state index is 0.00122. The van der Waals surface area contributed by atoms with Crippen LogP contribution < -0.4 is 10.9 Å². The van der Waals surface area contributed by atoms with E-state index in [0.717, 1.165) is 36.1 Å². The summed E-state index contributed by atoms with van der Waals surface area (Å²) in [7, 11) is 0. The Bertz CT molecular complexity index is 1120. The average molecular weight is 383 g/mol. The van der Waals surface area contributed by atoms with Gasteiger partial charge in [-0.25, -0.2) is 9.78 Å². The number of nitrogens with zero attached hydrogens (tertiary/aromatic N) is 2. The van der Waals surface area contributed by atoms with Crippen LogP contribution in [0.15, 0.2) is 35.4 Å². The van der Waals surface area contributed by atoms with Crippen molar-refractivity contribution in [2.75, 3.05) is 5.32 Å². The molecule has 0 atom stereocenters. The molecule has 7 nitrogen and oxygen atoms in total. The molecule has 0 fully saturated rings. The Morgan fingerprint density at radius 3 is 2.81 bits per heavy atom. The molecule has 1 amide bonds. The van der Waals surface area contributed by atoms with E-state index >= 15 is 0 Å². The second kappa shape index (κ2) is 6.96. The Kier molecular flexibility index (Phi) is 4.49. The second-order valence-corrected chi connectivity index (χ2v) is 7.55. The number of rotatable bonds is 4. The second-order valence-electron chi connectivity index (χ2n) is 6.47. The Labute approximate surface area is 158 Å². The first-order valence-corrected chi connectivity index (χ1v) is 9.48. The van der Waals surface area contributed by atoms with E-state index in [-0.39, 0.29) is 23.4 Å². The third-order valence-electron chi connectivity index (χ3n) is 4.69. The van der Waals surface area contributed by atoms with Gasteiger partial charge in [-0.3, -0.25) is 14.2 Å². The summed E-state index contributed by atoms with van der Waals surface area (Å²) in [4.78, 5) is 42.8. The quantitative estimate of drug-likeness (QED) is 0.721. The number of aromatic nitrogens is 2. The van der Waals surface area contributed by atoms with E-state index in [9.17, 15) is 19.5 Å². The highest BCUT2D eigenvalue weighted by molar-refractivity contribution is 7.18. The summed E-state index contributed by atoms with van der Waals surface area (Å²) in [6.45, 7) is -0.222. The fraction of sp³-hybridized carbons (Fsp3) is 0.263. The molecule has 138 valence electrons. The van der Waals surface area contributed by atoms with Crippen molar-refractivity contribution in [2.24, 2.45) is 0 Å². The maximum Gasteiger partial charge on any atom is 0.337 e. The predicted octanol–water partition coefficient (Wildman–Crippen LogP) is 2.67. The molecule has 0 radical (unpaired) electrons. The minimum Gasteiger partial charge on any atom is -0.478 e. The number of carboxylic acids is 1. The summed E-state index contributed by atoms with van der Waals surface area (Å²) in [5.41, 5.74) is 1.05. The van der Waals surface area contributed by atoms with Crippen molar-refractivity contribution in [1.29, 1.82) is 0 Å². The largest absolute Gasteiger partial charge is 0.478 e. The van der Waals surface area contributed by atoms with Gasteiger partial charge in [-0.05, 0) is 43.4 Å². The zero-order valence-corrected chi connectivity index (χ0v) is 15.2. The van der Waals surface area contributed by atoms with Crippen LogP contribution in [0.5, 0.6) is 0 Å². The number of carbonyl (C=O) groups excluding carboxylic acids is 1. The van der Waals surface area contributed by atoms with Crippen LogP contribution >= 0.6 is 11.3 Å². The molecule has 3 aromatic rings. The van der Waals surface area contributed by atoms with Crippen LogP contribution in [0.4, 0.5) is 5.69 Å². The highest BCUT2D eigenvalue weighted by atomic mass is 32.1. The van der Waals surface area contributed by atoms with Crippen LogP contribution in [0.25, 0.3) is 10.2 Å². The van der Waals surface area contributed by atoms with Crippen molar-refractivity contribution in [2.45, 2.75) is 32.2 Å². The zero-order valence-electron chi connectivity index (χ0n) is 14.4. The number of para-hydroxylation sites is 1. The smallest absolute Gasteiger partial charge is 0.337 e. The number of hydrogen-bond donors (Lipinski definition) is 2. The lowest BCUT2D eigenvalue weighted by Gasteiger charge is -2.11. The van der Waals surface area contributed by atoms with Gasteiger partial charge in [-0.1, -0.05) is 12.1 Å². The standard InChI is InChI=1S/C19H17N3O4S/c23-15(21-13-7-3-1-5-11(13)19(25)26)9-22-10-20-17-16(18(22)24)12-6-2-4-8-14(12)27-17/h1,3,5,7,10H,2,4,6,8-9H2,(H,21,23)(H,25,26). The van der Waals surface area contributed by atoms with Gasteiger partial charge in [0, 0.05) is 4.88 Å². The highest BCUT2D eigenvalue weighted by Crippen LogP contribution is 2.33. The van der Waals surface area contributed by atoms with Crippen LogP contribution in [0.2, 0.25) is 0 Å². The molecule has 0 aliphatic heterocycles. The SMILES string of the molecule is O=C(Cn1cnc2sc3c(c2c1=O)CCCC3)Nc1ccccc1C(=O)O. The molecule has 0 unspecified atom stereocenters. The number of thiophene rings is 1. The van der Waals surface area contributed by atoms with Gasteiger partial charge < -0.3 is 10.4 Å². The number of aryl methyl sites for hydroxylation is 2. The lowest BCUT2D eigenvalue weighted by atomic mass is 9.97. The van der Waals surface area contributed by atoms with E-state index in [2.05, 4.69) is 10.3 Å². The summed E-state index contributed by atoms with van der Waals surface area (Å²) in [5.74, 6) is -1.60. The number of hydrogen-bond acceptors (Lipinski definition) is 5. The van der Waals surface area contributed by atoms with Crippen molar-refractivity contribution in [1.82, 2.24) is 9.55 Å². The van der Waals surface area contributed by atoms with Crippen LogP contribution in [-0.4, -0.2) is 26.5 Å². The van der Waals surface area contributed by atoms with Crippen molar-refractivity contribution in [3.05, 3.63) is 57.0 Å². The van der Waals surface area contributed by atoms with Crippen LogP contribution in [0.3, 0.4) is 0 Å². The van der Waals surface area contributed by atoms with Gasteiger partial charge in [0.2, 0.25) is 5.91 Å². The van der Waals surface area contributed by atoms with Crippen molar-refractivity contribution < 1.29 is 14.7 Å². The molecule has 1 aromatic carbocycles. The number of benzene rings is 1. The van der Waals surface area contributed by atoms with Crippen LogP contribution in [0.1, 0.15) is 33.6 Å². The number of amides is 1. The summed E-state index contributed by atoms with van der Waals surface area (Å²) >= 11 is 1.56. The Hall–Kier alpha value is -3.00. The molecular weight excluding hydrogens is 366 g/mol. The average Bonchev–Trinajstić information content (AvgIpc) is 3.03. The number of nitrogens with one attached hydrogen (secondary N) is 1. The first-order chi connectivity index (χ1) is 13.0. The number of anilines is 1. The monoisotopic (exact) mass is 383 g/mol. The normalized spacial score (nSPS) is 13.3. The lowest BCUT2D eigenvalue weighted by Crippen LogP contribution is -2.28. The molecule has 2 N–H and O–H groups in total. The summed E-state index contributed by atoms with van der Waals surface area (Å²) in [6, 6.07) is 6.15. The van der Waals surface area contributed by atoms with Gasteiger partial charge in [0.15, 0.2) is 0 Å². The fourth-order valence-electron chi connectivity index (χ4n) is 3.42. The van der Waals surface area contributed by atoms with Gasteiger partial charge in [-0.15, -0.1) is 11.3 Å². The minimum atomic E-state index is -1.13. The van der Waals surface area contributed by atoms with Gasteiger partial charge >= 0.3 is 5.97 Å². The molecule has 1 aliphatic carbocycles. The molecule has 2 heterocycles. The maximum absolute atomic E-state index is 12.9. The van der Waals surface area contributed by atoms with Crippen molar-refractivity contribution >= 4 is 39.1 Å². The third-order valence-corrected chi connectivity index (χ3v) is 5.89. The van der Waals surface area contributed by atoms with Gasteiger partial charge in [0.05, 0.1) is 23.0 Å². The van der Waals surface area contributed by atoms with E-state index < -0.39 is 11.9 Å². The van der Waals surface area contributed by atoms with E-state index in [0.29, 0.717) is 5.39 Å². The lowest BCUT2D eigenvalue weighted by molar-refractivity contribution is -0.116. The van der Waals surface area contributed by atoms with Crippen LogP contribution in [-0.2, 0) is 24.2 Å². The Morgan fingerprint density at radius 2 is 2.00 bits per heavy atom. The number of carboxylic acid groups (broad SMARTS) is 1. The van der Waals surface area contributed by atoms with Crippen molar-refractivity contribution in [3.8, 4) is 0 Å². The van der Waals surface area contributed by atoms with Gasteiger partial charge in [0.1, 0.15) is 11.4 Å². The Balaban J connectivity index is 1.62. The van der Waals surface area contributed by atoms with E-state index in [1.165, 1.54) is 27.9 Å². The first kappa shape index (κ1) is 17.4. The molecule has 1 aliphatic rings. The van der Waals surface area contributed by atoms with Gasteiger partial charge in [-0.2, -0.15) is 0 Å². The molecule has 8 heteroatoms. The van der Waals surface area contributed by atoms with E-state index in [1.807, 2.05) is 0 Å². The zero-order chi connectivity index (χ0) is 19.0. The molecule has 4 rings (SSSR count).